The van der Waals surface area contributed by atoms with Gasteiger partial charge in [-0.3, -0.25) is 0 Å². The second-order valence-corrected chi connectivity index (χ2v) is 11.3. The molecule has 28 heavy (non-hydrogen) atoms. The van der Waals surface area contributed by atoms with Crippen LogP contribution in [0.2, 0.25) is 0 Å². The van der Waals surface area contributed by atoms with Gasteiger partial charge in [-0.05, 0) is 49.6 Å². The van der Waals surface area contributed by atoms with E-state index in [1.807, 2.05) is 0 Å². The minimum absolute atomic E-state index is 0. The van der Waals surface area contributed by atoms with E-state index in [2.05, 4.69) is 46.9 Å². The van der Waals surface area contributed by atoms with E-state index in [0.29, 0.717) is 10.8 Å². The van der Waals surface area contributed by atoms with E-state index in [4.69, 9.17) is 0 Å². The van der Waals surface area contributed by atoms with Crippen molar-refractivity contribution in [1.29, 1.82) is 0 Å². The Morgan fingerprint density at radius 1 is 0.393 bits per heavy atom. The summed E-state index contributed by atoms with van der Waals surface area (Å²) < 4.78 is 0. The van der Waals surface area contributed by atoms with Crippen LogP contribution in [0.4, 0.5) is 0 Å². The molecule has 0 rings (SSSR count). The van der Waals surface area contributed by atoms with E-state index in [1.165, 1.54) is 116 Å². The first kappa shape index (κ1) is 31.8. The van der Waals surface area contributed by atoms with Crippen molar-refractivity contribution in [3.63, 3.8) is 0 Å². The molecule has 0 aromatic heterocycles. The third-order valence-electron chi connectivity index (χ3n) is 5.56. The maximum Gasteiger partial charge on any atom is 0 e. The van der Waals surface area contributed by atoms with Crippen LogP contribution in [0.1, 0.15) is 144 Å². The molecule has 0 bridgehead atoms. The van der Waals surface area contributed by atoms with Crippen LogP contribution in [-0.4, -0.2) is 64.5 Å². The van der Waals surface area contributed by atoms with Crippen LogP contribution >= 0.6 is 0 Å². The Hall–Kier alpha value is 1.60. The van der Waals surface area contributed by atoms with E-state index in [0.717, 1.165) is 0 Å². The second kappa shape index (κ2) is 20.5. The van der Waals surface area contributed by atoms with Gasteiger partial charge in [0, 0.05) is 51.4 Å². The Kier molecular flexibility index (Phi) is 23.3. The molecule has 0 unspecified atom stereocenters. The molecule has 0 aliphatic carbocycles. The number of hydrogen-bond donors (Lipinski definition) is 1. The zero-order chi connectivity index (χ0) is 20.4. The molecule has 0 amide bonds. The Morgan fingerprint density at radius 2 is 0.643 bits per heavy atom. The molecular weight excluding hydrogens is 365 g/mol. The summed E-state index contributed by atoms with van der Waals surface area (Å²) in [6.07, 6.45) is 22.7. The molecule has 0 atom stereocenters. The predicted octanol–water partition coefficient (Wildman–Crippen LogP) is 8.53. The molecule has 0 aliphatic heterocycles. The van der Waals surface area contributed by atoms with E-state index < -0.39 is 0 Å². The number of unbranched alkanes of at least 4 members (excludes halogenated alkanes) is 12. The SMILES string of the molecule is CC(C)(C)CCCCCCCCCNCCCCCCCCCC(C)(C)C.[K]. The summed E-state index contributed by atoms with van der Waals surface area (Å²) in [5.41, 5.74) is 1.05. The summed E-state index contributed by atoms with van der Waals surface area (Å²) in [6, 6.07) is 0. The fourth-order valence-corrected chi connectivity index (χ4v) is 3.70. The second-order valence-electron chi connectivity index (χ2n) is 11.3. The molecule has 0 aromatic carbocycles. The molecule has 1 N–H and O–H groups in total. The van der Waals surface area contributed by atoms with E-state index in [9.17, 15) is 0 Å². The van der Waals surface area contributed by atoms with Gasteiger partial charge < -0.3 is 5.32 Å². The number of nitrogens with one attached hydrogen (secondary N) is 1. The molecule has 2 heteroatoms. The molecule has 165 valence electrons. The Bertz CT molecular complexity index is 271. The average molecular weight is 421 g/mol. The monoisotopic (exact) mass is 420 g/mol. The van der Waals surface area contributed by atoms with Crippen molar-refractivity contribution in [2.24, 2.45) is 10.8 Å². The maximum absolute atomic E-state index is 3.64. The predicted molar refractivity (Wildman–Crippen MR) is 131 cm³/mol. The van der Waals surface area contributed by atoms with Gasteiger partial charge in [-0.25, -0.2) is 0 Å². The third-order valence-corrected chi connectivity index (χ3v) is 5.56. The smallest absolute Gasteiger partial charge is 0 e. The topological polar surface area (TPSA) is 12.0 Å². The summed E-state index contributed by atoms with van der Waals surface area (Å²) in [4.78, 5) is 0. The van der Waals surface area contributed by atoms with Crippen molar-refractivity contribution in [1.82, 2.24) is 5.32 Å². The molecule has 0 heterocycles. The van der Waals surface area contributed by atoms with E-state index in [1.54, 1.807) is 0 Å². The summed E-state index contributed by atoms with van der Waals surface area (Å²) in [5.74, 6) is 0. The standard InChI is InChI=1S/C26H55N.K/c1-25(2,3)21-17-13-9-7-11-15-19-23-27-24-20-16-12-8-10-14-18-22-26(4,5)6;/h27H,7-24H2,1-6H3;. The van der Waals surface area contributed by atoms with E-state index in [-0.39, 0.29) is 51.4 Å². The van der Waals surface area contributed by atoms with Gasteiger partial charge in [-0.1, -0.05) is 119 Å². The molecule has 0 saturated heterocycles. The number of rotatable bonds is 18. The van der Waals surface area contributed by atoms with Gasteiger partial charge in [0.1, 0.15) is 0 Å². The summed E-state index contributed by atoms with van der Waals surface area (Å²) in [6.45, 7) is 16.6. The van der Waals surface area contributed by atoms with Gasteiger partial charge in [-0.15, -0.1) is 0 Å². The Balaban J connectivity index is 0. The Labute approximate surface area is 222 Å². The first-order valence-corrected chi connectivity index (χ1v) is 12.4. The van der Waals surface area contributed by atoms with Crippen LogP contribution in [-0.2, 0) is 0 Å². The van der Waals surface area contributed by atoms with Crippen molar-refractivity contribution >= 4 is 51.4 Å². The van der Waals surface area contributed by atoms with Crippen molar-refractivity contribution in [3.05, 3.63) is 0 Å². The van der Waals surface area contributed by atoms with Gasteiger partial charge in [0.25, 0.3) is 0 Å². The quantitative estimate of drug-likeness (QED) is 0.173. The van der Waals surface area contributed by atoms with Crippen LogP contribution in [0.25, 0.3) is 0 Å². The fraction of sp³-hybridized carbons (Fsp3) is 1.00. The molecule has 1 radical (unpaired) electrons. The minimum atomic E-state index is 0. The van der Waals surface area contributed by atoms with Crippen LogP contribution in [0.5, 0.6) is 0 Å². The first-order chi connectivity index (χ1) is 12.7. The maximum atomic E-state index is 3.64. The average Bonchev–Trinajstić information content (AvgIpc) is 2.55. The van der Waals surface area contributed by atoms with Gasteiger partial charge in [-0.2, -0.15) is 0 Å². The Morgan fingerprint density at radius 3 is 0.929 bits per heavy atom. The zero-order valence-electron chi connectivity index (χ0n) is 21.2. The summed E-state index contributed by atoms with van der Waals surface area (Å²) >= 11 is 0. The van der Waals surface area contributed by atoms with Crippen molar-refractivity contribution in [3.8, 4) is 0 Å². The van der Waals surface area contributed by atoms with Gasteiger partial charge in [0.15, 0.2) is 0 Å². The third kappa shape index (κ3) is 29.8. The van der Waals surface area contributed by atoms with Gasteiger partial charge in [0.2, 0.25) is 0 Å². The van der Waals surface area contributed by atoms with Crippen molar-refractivity contribution in [2.45, 2.75) is 144 Å². The normalized spacial score (nSPS) is 12.2. The van der Waals surface area contributed by atoms with Crippen molar-refractivity contribution < 1.29 is 0 Å². The fourth-order valence-electron chi connectivity index (χ4n) is 3.70. The molecule has 0 aromatic rings. The molecule has 0 saturated carbocycles. The largest absolute Gasteiger partial charge is 0.317 e. The van der Waals surface area contributed by atoms with Crippen molar-refractivity contribution in [2.75, 3.05) is 13.1 Å². The molecule has 0 aliphatic rings. The summed E-state index contributed by atoms with van der Waals surface area (Å²) in [5, 5.41) is 3.64. The van der Waals surface area contributed by atoms with Crippen LogP contribution < -0.4 is 5.32 Å². The molecule has 0 fully saturated rings. The molecule has 1 nitrogen and oxygen atoms in total. The first-order valence-electron chi connectivity index (χ1n) is 12.4. The molecular formula is C26H55KN. The minimum Gasteiger partial charge on any atom is -0.317 e. The van der Waals surface area contributed by atoms with Crippen LogP contribution in [0.3, 0.4) is 0 Å². The van der Waals surface area contributed by atoms with Gasteiger partial charge >= 0.3 is 0 Å². The van der Waals surface area contributed by atoms with Crippen LogP contribution in [0, 0.1) is 10.8 Å². The summed E-state index contributed by atoms with van der Waals surface area (Å²) in [7, 11) is 0. The number of hydrogen-bond acceptors (Lipinski definition) is 1. The van der Waals surface area contributed by atoms with Crippen LogP contribution in [0.15, 0.2) is 0 Å². The molecule has 0 spiro atoms. The zero-order valence-corrected chi connectivity index (χ0v) is 24.4. The van der Waals surface area contributed by atoms with Gasteiger partial charge in [0.05, 0.1) is 0 Å². The van der Waals surface area contributed by atoms with E-state index >= 15 is 0 Å².